The highest BCUT2D eigenvalue weighted by Gasteiger charge is 2.50. The van der Waals surface area contributed by atoms with Gasteiger partial charge in [-0.3, -0.25) is 9.59 Å². The van der Waals surface area contributed by atoms with Gasteiger partial charge in [0.15, 0.2) is 0 Å². The summed E-state index contributed by atoms with van der Waals surface area (Å²) in [4.78, 5) is 29.0. The van der Waals surface area contributed by atoms with E-state index in [1.54, 1.807) is 18.2 Å². The monoisotopic (exact) mass is 631 g/mol. The third-order valence-electron chi connectivity index (χ3n) is 8.07. The third-order valence-corrected chi connectivity index (χ3v) is 11.0. The second kappa shape index (κ2) is 13.1. The second-order valence-corrected chi connectivity index (χ2v) is 14.9. The molecule has 230 valence electrons. The first-order valence-electron chi connectivity index (χ1n) is 14.5. The first-order valence-corrected chi connectivity index (χ1v) is 16.9. The molecule has 8 nitrogen and oxygen atoms in total. The van der Waals surface area contributed by atoms with Crippen LogP contribution in [0.2, 0.25) is 0 Å². The van der Waals surface area contributed by atoms with E-state index < -0.39 is 38.9 Å². The van der Waals surface area contributed by atoms with Crippen molar-refractivity contribution in [1.29, 1.82) is 0 Å². The van der Waals surface area contributed by atoms with Gasteiger partial charge in [0, 0.05) is 16.7 Å². The van der Waals surface area contributed by atoms with Crippen LogP contribution in [0.1, 0.15) is 30.5 Å². The summed E-state index contributed by atoms with van der Waals surface area (Å²) >= 11 is 1.44. The number of hydrogen-bond donors (Lipinski definition) is 3. The van der Waals surface area contributed by atoms with Gasteiger partial charge in [-0.1, -0.05) is 91.0 Å². The van der Waals surface area contributed by atoms with Crippen molar-refractivity contribution in [3.8, 4) is 0 Å². The lowest BCUT2D eigenvalue weighted by Gasteiger charge is -2.33. The summed E-state index contributed by atoms with van der Waals surface area (Å²) in [5, 5.41) is 15.8. The normalized spacial score (nSPS) is 17.7. The summed E-state index contributed by atoms with van der Waals surface area (Å²) < 4.78 is 29.6. The molecule has 0 radical (unpaired) electrons. The predicted molar refractivity (Wildman–Crippen MR) is 174 cm³/mol. The summed E-state index contributed by atoms with van der Waals surface area (Å²) in [5.41, 5.74) is 2.75. The van der Waals surface area contributed by atoms with Gasteiger partial charge in [-0.25, -0.2) is 13.1 Å². The highest BCUT2D eigenvalue weighted by atomic mass is 32.2. The van der Waals surface area contributed by atoms with Crippen molar-refractivity contribution in [1.82, 2.24) is 14.9 Å². The number of fused-ring (bicyclic) bond motifs is 1. The SMILES string of the molecule is Cc1ccccc1CNC(=O)[C@H]1N(C(=O)[C@@H](O)[C@H](Cc2ccccc2)NS(=O)(=O)c2cccc3ccccc23)CSC1(C)C. The number of thioether (sulfide) groups is 1. The lowest BCUT2D eigenvalue weighted by molar-refractivity contribution is -0.147. The maximum atomic E-state index is 14.0. The fraction of sp³-hybridized carbons (Fsp3) is 0.294. The molecule has 0 spiro atoms. The van der Waals surface area contributed by atoms with Crippen LogP contribution in [0, 0.1) is 6.92 Å². The van der Waals surface area contributed by atoms with E-state index in [4.69, 9.17) is 0 Å². The number of rotatable bonds is 10. The Balaban J connectivity index is 1.42. The number of carbonyl (C=O) groups excluding carboxylic acids is 2. The van der Waals surface area contributed by atoms with Crippen molar-refractivity contribution in [3.05, 3.63) is 114 Å². The van der Waals surface area contributed by atoms with Gasteiger partial charge in [-0.2, -0.15) is 0 Å². The molecule has 0 aliphatic carbocycles. The number of nitrogens with one attached hydrogen (secondary N) is 2. The Bertz CT molecular complexity index is 1760. The molecule has 1 saturated heterocycles. The minimum atomic E-state index is -4.17. The summed E-state index contributed by atoms with van der Waals surface area (Å²) in [7, 11) is -4.17. The molecule has 1 heterocycles. The van der Waals surface area contributed by atoms with Crippen LogP contribution in [-0.4, -0.2) is 59.1 Å². The van der Waals surface area contributed by atoms with Crippen molar-refractivity contribution >= 4 is 44.4 Å². The lowest BCUT2D eigenvalue weighted by Crippen LogP contribution is -2.58. The molecule has 1 fully saturated rings. The summed E-state index contributed by atoms with van der Waals surface area (Å²) in [6.45, 7) is 6.05. The van der Waals surface area contributed by atoms with Crippen LogP contribution in [0.3, 0.4) is 0 Å². The third kappa shape index (κ3) is 6.83. The molecule has 0 bridgehead atoms. The van der Waals surface area contributed by atoms with E-state index >= 15 is 0 Å². The molecule has 0 saturated carbocycles. The van der Waals surface area contributed by atoms with Gasteiger partial charge < -0.3 is 15.3 Å². The molecule has 10 heteroatoms. The van der Waals surface area contributed by atoms with Gasteiger partial charge in [0.1, 0.15) is 12.1 Å². The fourth-order valence-electron chi connectivity index (χ4n) is 5.62. The van der Waals surface area contributed by atoms with Crippen LogP contribution < -0.4 is 10.0 Å². The van der Waals surface area contributed by atoms with Crippen molar-refractivity contribution in [2.24, 2.45) is 0 Å². The number of carbonyl (C=O) groups is 2. The Morgan fingerprint density at radius 3 is 2.36 bits per heavy atom. The van der Waals surface area contributed by atoms with Gasteiger partial charge in [0.05, 0.1) is 16.8 Å². The van der Waals surface area contributed by atoms with Crippen LogP contribution >= 0.6 is 11.8 Å². The zero-order valence-corrected chi connectivity index (χ0v) is 26.6. The standard InChI is InChI=1S/C34H37N3O5S2/c1-23-12-7-8-16-26(23)21-35-32(39)31-34(2,3)43-22-37(31)33(40)30(38)28(20-24-13-5-4-6-14-24)36-44(41,42)29-19-11-17-25-15-9-10-18-27(25)29/h4-19,28,30-31,36,38H,20-22H2,1-3H3,(H,35,39)/t28-,30-,31+/m0/s1. The van der Waals surface area contributed by atoms with Crippen molar-refractivity contribution in [3.63, 3.8) is 0 Å². The zero-order chi connectivity index (χ0) is 31.5. The van der Waals surface area contributed by atoms with Crippen molar-refractivity contribution in [2.45, 2.75) is 61.6 Å². The van der Waals surface area contributed by atoms with Gasteiger partial charge in [0.25, 0.3) is 5.91 Å². The Kier molecular flexibility index (Phi) is 9.45. The quantitative estimate of drug-likeness (QED) is 0.239. The van der Waals surface area contributed by atoms with E-state index in [9.17, 15) is 23.1 Å². The average molecular weight is 632 g/mol. The number of aryl methyl sites for hydroxylation is 1. The van der Waals surface area contributed by atoms with Crippen LogP contribution in [0.15, 0.2) is 102 Å². The van der Waals surface area contributed by atoms with Crippen molar-refractivity contribution < 1.29 is 23.1 Å². The Labute approximate surface area is 262 Å². The Morgan fingerprint density at radius 2 is 1.61 bits per heavy atom. The fourth-order valence-corrected chi connectivity index (χ4v) is 8.23. The highest BCUT2D eigenvalue weighted by molar-refractivity contribution is 8.00. The Hall–Kier alpha value is -3.70. The van der Waals surface area contributed by atoms with Crippen LogP contribution in [0.4, 0.5) is 0 Å². The number of benzene rings is 4. The van der Waals surface area contributed by atoms with Crippen LogP contribution in [-0.2, 0) is 32.6 Å². The van der Waals surface area contributed by atoms with E-state index in [-0.39, 0.29) is 23.1 Å². The zero-order valence-electron chi connectivity index (χ0n) is 24.9. The summed E-state index contributed by atoms with van der Waals surface area (Å²) in [5.74, 6) is -0.861. The molecular weight excluding hydrogens is 595 g/mol. The number of aliphatic hydroxyl groups excluding tert-OH is 1. The lowest BCUT2D eigenvalue weighted by atomic mass is 9.97. The molecule has 5 rings (SSSR count). The topological polar surface area (TPSA) is 116 Å². The van der Waals surface area contributed by atoms with E-state index in [1.807, 2.05) is 93.6 Å². The van der Waals surface area contributed by atoms with E-state index in [0.29, 0.717) is 11.9 Å². The number of sulfonamides is 1. The second-order valence-electron chi connectivity index (χ2n) is 11.6. The Morgan fingerprint density at radius 1 is 0.955 bits per heavy atom. The number of nitrogens with zero attached hydrogens (tertiary/aromatic N) is 1. The predicted octanol–water partition coefficient (Wildman–Crippen LogP) is 4.40. The molecule has 1 aliphatic heterocycles. The highest BCUT2D eigenvalue weighted by Crippen LogP contribution is 2.40. The van der Waals surface area contributed by atoms with E-state index in [2.05, 4.69) is 10.0 Å². The molecule has 4 aromatic rings. The van der Waals surface area contributed by atoms with Crippen LogP contribution in [0.5, 0.6) is 0 Å². The van der Waals surface area contributed by atoms with Gasteiger partial charge in [-0.15, -0.1) is 11.8 Å². The number of aliphatic hydroxyl groups is 1. The molecule has 1 aliphatic rings. The first kappa shape index (κ1) is 31.7. The number of amides is 2. The molecule has 2 amide bonds. The van der Waals surface area contributed by atoms with Gasteiger partial charge in [0.2, 0.25) is 15.9 Å². The molecule has 3 atom stereocenters. The van der Waals surface area contributed by atoms with Gasteiger partial charge >= 0.3 is 0 Å². The molecule has 3 N–H and O–H groups in total. The van der Waals surface area contributed by atoms with Gasteiger partial charge in [-0.05, 0) is 55.3 Å². The number of hydrogen-bond acceptors (Lipinski definition) is 6. The smallest absolute Gasteiger partial charge is 0.254 e. The van der Waals surface area contributed by atoms with E-state index in [1.165, 1.54) is 22.7 Å². The molecule has 0 aromatic heterocycles. The minimum absolute atomic E-state index is 0.0552. The molecule has 4 aromatic carbocycles. The first-order chi connectivity index (χ1) is 21.0. The maximum Gasteiger partial charge on any atom is 0.254 e. The maximum absolute atomic E-state index is 14.0. The van der Waals surface area contributed by atoms with Crippen LogP contribution in [0.25, 0.3) is 10.8 Å². The average Bonchev–Trinajstić information content (AvgIpc) is 3.34. The van der Waals surface area contributed by atoms with E-state index in [0.717, 1.165) is 22.1 Å². The molecule has 44 heavy (non-hydrogen) atoms. The summed E-state index contributed by atoms with van der Waals surface area (Å²) in [6.07, 6.45) is -1.69. The summed E-state index contributed by atoms with van der Waals surface area (Å²) in [6, 6.07) is 26.9. The molecule has 0 unspecified atom stereocenters. The van der Waals surface area contributed by atoms with Crippen molar-refractivity contribution in [2.75, 3.05) is 5.88 Å². The molecular formula is C34H37N3O5S2. The minimum Gasteiger partial charge on any atom is -0.382 e. The largest absolute Gasteiger partial charge is 0.382 e.